The van der Waals surface area contributed by atoms with Gasteiger partial charge in [0.15, 0.2) is 0 Å². The van der Waals surface area contributed by atoms with Crippen molar-refractivity contribution >= 4 is 11.6 Å². The van der Waals surface area contributed by atoms with Crippen molar-refractivity contribution in [2.75, 3.05) is 5.32 Å². The van der Waals surface area contributed by atoms with Gasteiger partial charge in [-0.05, 0) is 30.7 Å². The van der Waals surface area contributed by atoms with Crippen molar-refractivity contribution in [3.8, 4) is 11.8 Å². The molecule has 3 aromatic rings. The summed E-state index contributed by atoms with van der Waals surface area (Å²) in [5, 5.41) is 7.01. The molecule has 3 rings (SSSR count). The van der Waals surface area contributed by atoms with Crippen LogP contribution in [0.5, 0.6) is 0 Å². The zero-order valence-electron chi connectivity index (χ0n) is 13.6. The number of nitrogens with one attached hydrogen (secondary N) is 1. The first-order valence-electron chi connectivity index (χ1n) is 7.60. The highest BCUT2D eigenvalue weighted by Gasteiger charge is 2.13. The molecule has 1 aromatic heterocycles. The lowest BCUT2D eigenvalue weighted by atomic mass is 10.0. The van der Waals surface area contributed by atoms with Gasteiger partial charge in [0.2, 0.25) is 0 Å². The highest BCUT2D eigenvalue weighted by molar-refractivity contribution is 6.07. The fraction of sp³-hybridized carbons (Fsp3) is 0.100. The molecule has 0 unspecified atom stereocenters. The van der Waals surface area contributed by atoms with Gasteiger partial charge in [0.25, 0.3) is 5.91 Å². The molecular formula is C20H17N3O. The monoisotopic (exact) mass is 315 g/mol. The Hall–Kier alpha value is -3.32. The Bertz CT molecular complexity index is 930. The zero-order valence-corrected chi connectivity index (χ0v) is 13.6. The summed E-state index contributed by atoms with van der Waals surface area (Å²) >= 11 is 0. The third-order valence-electron chi connectivity index (χ3n) is 3.58. The first kappa shape index (κ1) is 15.6. The molecule has 2 aromatic carbocycles. The summed E-state index contributed by atoms with van der Waals surface area (Å²) in [6, 6.07) is 15.1. The molecule has 0 bridgehead atoms. The Morgan fingerprint density at radius 1 is 1.08 bits per heavy atom. The summed E-state index contributed by atoms with van der Waals surface area (Å²) in [6.45, 7) is 1.91. The number of benzene rings is 2. The van der Waals surface area contributed by atoms with Crippen molar-refractivity contribution in [1.82, 2.24) is 9.78 Å². The molecule has 0 radical (unpaired) electrons. The van der Waals surface area contributed by atoms with Crippen molar-refractivity contribution in [3.05, 3.63) is 83.2 Å². The number of aryl methyl sites for hydroxylation is 2. The highest BCUT2D eigenvalue weighted by Crippen LogP contribution is 2.16. The molecule has 0 atom stereocenters. The number of aromatic nitrogens is 2. The van der Waals surface area contributed by atoms with Gasteiger partial charge in [0.05, 0.1) is 17.3 Å². The van der Waals surface area contributed by atoms with Crippen molar-refractivity contribution < 1.29 is 4.79 Å². The molecule has 24 heavy (non-hydrogen) atoms. The number of para-hydroxylation sites is 1. The van der Waals surface area contributed by atoms with Crippen LogP contribution in [0, 0.1) is 18.8 Å². The fourth-order valence-corrected chi connectivity index (χ4v) is 2.41. The summed E-state index contributed by atoms with van der Waals surface area (Å²) in [5.41, 5.74) is 3.76. The standard InChI is InChI=1S/C20H17N3O/c1-15-7-6-8-17(12-11-16-13-21-23(2)14-16)19(15)20(24)22-18-9-4-3-5-10-18/h3-10,13-14H,1-2H3,(H,22,24). The van der Waals surface area contributed by atoms with Crippen LogP contribution >= 0.6 is 0 Å². The lowest BCUT2D eigenvalue weighted by Crippen LogP contribution is -2.15. The van der Waals surface area contributed by atoms with E-state index < -0.39 is 0 Å². The molecule has 4 nitrogen and oxygen atoms in total. The lowest BCUT2D eigenvalue weighted by Gasteiger charge is -2.09. The van der Waals surface area contributed by atoms with Crippen LogP contribution in [-0.4, -0.2) is 15.7 Å². The number of hydrogen-bond acceptors (Lipinski definition) is 2. The van der Waals surface area contributed by atoms with E-state index in [9.17, 15) is 4.79 Å². The van der Waals surface area contributed by atoms with Crippen LogP contribution in [0.3, 0.4) is 0 Å². The molecule has 0 aliphatic heterocycles. The van der Waals surface area contributed by atoms with Gasteiger partial charge < -0.3 is 5.32 Å². The second-order valence-electron chi connectivity index (χ2n) is 5.47. The number of amides is 1. The second kappa shape index (κ2) is 6.84. The smallest absolute Gasteiger partial charge is 0.257 e. The van der Waals surface area contributed by atoms with Gasteiger partial charge in [-0.15, -0.1) is 0 Å². The van der Waals surface area contributed by atoms with Crippen LogP contribution in [0.25, 0.3) is 0 Å². The first-order chi connectivity index (χ1) is 11.6. The van der Waals surface area contributed by atoms with Gasteiger partial charge in [0.1, 0.15) is 0 Å². The van der Waals surface area contributed by atoms with Gasteiger partial charge >= 0.3 is 0 Å². The molecule has 4 heteroatoms. The Morgan fingerprint density at radius 3 is 2.58 bits per heavy atom. The van der Waals surface area contributed by atoms with Crippen molar-refractivity contribution in [1.29, 1.82) is 0 Å². The van der Waals surface area contributed by atoms with E-state index in [1.165, 1.54) is 0 Å². The largest absolute Gasteiger partial charge is 0.322 e. The lowest BCUT2D eigenvalue weighted by molar-refractivity contribution is 0.102. The van der Waals surface area contributed by atoms with E-state index in [1.807, 2.05) is 68.7 Å². The van der Waals surface area contributed by atoms with Crippen LogP contribution in [0.4, 0.5) is 5.69 Å². The fourth-order valence-electron chi connectivity index (χ4n) is 2.41. The Labute approximate surface area is 141 Å². The molecule has 0 spiro atoms. The van der Waals surface area contributed by atoms with Crippen molar-refractivity contribution in [3.63, 3.8) is 0 Å². The number of nitrogens with zero attached hydrogens (tertiary/aromatic N) is 2. The third-order valence-corrected chi connectivity index (χ3v) is 3.58. The molecule has 0 saturated carbocycles. The Kier molecular flexibility index (Phi) is 4.44. The predicted molar refractivity (Wildman–Crippen MR) is 94.8 cm³/mol. The third kappa shape index (κ3) is 3.53. The molecular weight excluding hydrogens is 298 g/mol. The number of carbonyl (C=O) groups is 1. The molecule has 0 aliphatic carbocycles. The van der Waals surface area contributed by atoms with E-state index in [0.29, 0.717) is 11.1 Å². The van der Waals surface area contributed by atoms with Gasteiger partial charge in [0, 0.05) is 24.5 Å². The SMILES string of the molecule is Cc1cccc(C#Cc2cnn(C)c2)c1C(=O)Nc1ccccc1. The van der Waals surface area contributed by atoms with Gasteiger partial charge in [-0.1, -0.05) is 42.2 Å². The molecule has 0 saturated heterocycles. The van der Waals surface area contributed by atoms with Crippen LogP contribution < -0.4 is 5.32 Å². The zero-order chi connectivity index (χ0) is 16.9. The van der Waals surface area contributed by atoms with Crippen LogP contribution in [0.15, 0.2) is 60.9 Å². The molecule has 0 aliphatic rings. The van der Waals surface area contributed by atoms with E-state index in [2.05, 4.69) is 22.3 Å². The van der Waals surface area contributed by atoms with Gasteiger partial charge in [-0.25, -0.2) is 0 Å². The van der Waals surface area contributed by atoms with Crippen LogP contribution in [-0.2, 0) is 7.05 Å². The summed E-state index contributed by atoms with van der Waals surface area (Å²) in [4.78, 5) is 12.7. The Balaban J connectivity index is 1.93. The van der Waals surface area contributed by atoms with Crippen LogP contribution in [0.2, 0.25) is 0 Å². The molecule has 118 valence electrons. The number of rotatable bonds is 2. The minimum Gasteiger partial charge on any atom is -0.322 e. The predicted octanol–water partition coefficient (Wildman–Crippen LogP) is 3.38. The van der Waals surface area contributed by atoms with E-state index in [0.717, 1.165) is 16.8 Å². The summed E-state index contributed by atoms with van der Waals surface area (Å²) in [6.07, 6.45) is 3.54. The summed E-state index contributed by atoms with van der Waals surface area (Å²) < 4.78 is 1.70. The Morgan fingerprint density at radius 2 is 1.88 bits per heavy atom. The van der Waals surface area contributed by atoms with Crippen molar-refractivity contribution in [2.24, 2.45) is 7.05 Å². The maximum absolute atomic E-state index is 12.7. The topological polar surface area (TPSA) is 46.9 Å². The quantitative estimate of drug-likeness (QED) is 0.737. The molecule has 0 fully saturated rings. The van der Waals surface area contributed by atoms with E-state index in [4.69, 9.17) is 0 Å². The van der Waals surface area contributed by atoms with Crippen molar-refractivity contribution in [2.45, 2.75) is 6.92 Å². The van der Waals surface area contributed by atoms with Gasteiger partial charge in [-0.3, -0.25) is 9.48 Å². The maximum Gasteiger partial charge on any atom is 0.257 e. The molecule has 1 amide bonds. The van der Waals surface area contributed by atoms with E-state index in [-0.39, 0.29) is 5.91 Å². The molecule has 1 N–H and O–H groups in total. The highest BCUT2D eigenvalue weighted by atomic mass is 16.1. The van der Waals surface area contributed by atoms with E-state index in [1.54, 1.807) is 10.9 Å². The summed E-state index contributed by atoms with van der Waals surface area (Å²) in [5.74, 6) is 5.98. The van der Waals surface area contributed by atoms with E-state index >= 15 is 0 Å². The summed E-state index contributed by atoms with van der Waals surface area (Å²) in [7, 11) is 1.84. The number of hydrogen-bond donors (Lipinski definition) is 1. The number of carbonyl (C=O) groups excluding carboxylic acids is 1. The first-order valence-corrected chi connectivity index (χ1v) is 7.60. The average molecular weight is 315 g/mol. The maximum atomic E-state index is 12.7. The normalized spacial score (nSPS) is 9.92. The minimum absolute atomic E-state index is 0.158. The minimum atomic E-state index is -0.158. The average Bonchev–Trinajstić information content (AvgIpc) is 2.99. The van der Waals surface area contributed by atoms with Crippen LogP contribution in [0.1, 0.15) is 27.0 Å². The second-order valence-corrected chi connectivity index (χ2v) is 5.47. The number of anilines is 1. The molecule has 1 heterocycles. The van der Waals surface area contributed by atoms with Gasteiger partial charge in [-0.2, -0.15) is 5.10 Å².